The van der Waals surface area contributed by atoms with E-state index in [0.717, 1.165) is 56.0 Å². The highest BCUT2D eigenvalue weighted by atomic mass is 16.2. The Bertz CT molecular complexity index is 874. The van der Waals surface area contributed by atoms with E-state index in [0.29, 0.717) is 25.0 Å². The summed E-state index contributed by atoms with van der Waals surface area (Å²) in [5.41, 5.74) is 2.56. The van der Waals surface area contributed by atoms with Gasteiger partial charge in [0.25, 0.3) is 0 Å². The van der Waals surface area contributed by atoms with Crippen LogP contribution in [0.2, 0.25) is 0 Å². The molecule has 2 aromatic rings. The number of piperidine rings is 1. The van der Waals surface area contributed by atoms with E-state index in [4.69, 9.17) is 4.98 Å². The summed E-state index contributed by atoms with van der Waals surface area (Å²) in [6.45, 7) is 3.02. The fourth-order valence-electron chi connectivity index (χ4n) is 4.95. The van der Waals surface area contributed by atoms with E-state index in [2.05, 4.69) is 45.1 Å². The van der Waals surface area contributed by atoms with Crippen LogP contribution < -0.4 is 9.80 Å². The molecular weight excluding hydrogens is 362 g/mol. The van der Waals surface area contributed by atoms with Crippen LogP contribution in [0.1, 0.15) is 49.1 Å². The molecule has 1 saturated heterocycles. The van der Waals surface area contributed by atoms with Gasteiger partial charge in [-0.15, -0.1) is 0 Å². The lowest BCUT2D eigenvalue weighted by molar-refractivity contribution is -0.134. The van der Waals surface area contributed by atoms with E-state index in [1.54, 1.807) is 6.33 Å². The maximum absolute atomic E-state index is 12.8. The normalized spacial score (nSPS) is 21.0. The van der Waals surface area contributed by atoms with Gasteiger partial charge in [0.2, 0.25) is 5.91 Å². The maximum Gasteiger partial charge on any atom is 0.242 e. The van der Waals surface area contributed by atoms with Gasteiger partial charge in [-0.1, -0.05) is 30.3 Å². The third kappa shape index (κ3) is 3.45. The maximum atomic E-state index is 12.8. The Morgan fingerprint density at radius 2 is 1.66 bits per heavy atom. The Morgan fingerprint density at radius 1 is 0.931 bits per heavy atom. The molecule has 2 aliphatic heterocycles. The number of aromatic nitrogens is 2. The van der Waals surface area contributed by atoms with Crippen molar-refractivity contribution >= 4 is 17.5 Å². The Labute approximate surface area is 172 Å². The number of likely N-dealkylation sites (N-methyl/N-ethyl adjacent to an activating group) is 1. The predicted octanol–water partition coefficient (Wildman–Crippen LogP) is 3.19. The van der Waals surface area contributed by atoms with Crippen LogP contribution in [0.25, 0.3) is 0 Å². The van der Waals surface area contributed by atoms with Crippen LogP contribution in [0.4, 0.5) is 11.6 Å². The van der Waals surface area contributed by atoms with Gasteiger partial charge in [0.05, 0.1) is 18.7 Å². The molecule has 6 heteroatoms. The first-order valence-corrected chi connectivity index (χ1v) is 10.8. The topological polar surface area (TPSA) is 52.6 Å². The van der Waals surface area contributed by atoms with Gasteiger partial charge >= 0.3 is 0 Å². The minimum absolute atomic E-state index is 0.212. The average Bonchev–Trinajstić information content (AvgIpc) is 2.84. The summed E-state index contributed by atoms with van der Waals surface area (Å²) in [6.07, 6.45) is 7.39. The fourth-order valence-corrected chi connectivity index (χ4v) is 4.95. The van der Waals surface area contributed by atoms with Gasteiger partial charge in [-0.3, -0.25) is 4.79 Å². The highest BCUT2D eigenvalue weighted by molar-refractivity contribution is 5.84. The van der Waals surface area contributed by atoms with E-state index in [1.165, 1.54) is 12.0 Å². The first-order chi connectivity index (χ1) is 14.2. The second-order valence-corrected chi connectivity index (χ2v) is 8.63. The van der Waals surface area contributed by atoms with Gasteiger partial charge in [0.15, 0.2) is 0 Å². The number of amides is 1. The largest absolute Gasteiger partial charge is 0.356 e. The molecule has 6 nitrogen and oxygen atoms in total. The second-order valence-electron chi connectivity index (χ2n) is 8.63. The Kier molecular flexibility index (Phi) is 4.86. The van der Waals surface area contributed by atoms with Crippen molar-refractivity contribution in [3.8, 4) is 0 Å². The second kappa shape index (κ2) is 7.65. The number of fused-ring (bicyclic) bond motifs is 1. The third-order valence-electron chi connectivity index (χ3n) is 6.86. The molecule has 152 valence electrons. The van der Waals surface area contributed by atoms with Crippen molar-refractivity contribution in [1.82, 2.24) is 14.9 Å². The van der Waals surface area contributed by atoms with Crippen molar-refractivity contribution in [2.45, 2.75) is 50.6 Å². The monoisotopic (exact) mass is 391 g/mol. The molecule has 0 N–H and O–H groups in total. The highest BCUT2D eigenvalue weighted by Crippen LogP contribution is 2.36. The molecule has 0 spiro atoms. The number of anilines is 2. The van der Waals surface area contributed by atoms with Gasteiger partial charge in [-0.25, -0.2) is 9.97 Å². The standard InChI is InChI=1S/C23H29N5O/c1-26-15-21(29)28(19-8-5-9-19)14-20-22(26)24-16-25-23(20)27-12-10-18(11-13-27)17-6-3-2-4-7-17/h2-4,6-7,16,18-19H,5,8-15H2,1H3. The minimum Gasteiger partial charge on any atom is -0.356 e. The van der Waals surface area contributed by atoms with Crippen LogP contribution >= 0.6 is 0 Å². The molecular formula is C23H29N5O. The molecule has 1 aromatic heterocycles. The summed E-state index contributed by atoms with van der Waals surface area (Å²) >= 11 is 0. The Balaban J connectivity index is 1.39. The number of hydrogen-bond donors (Lipinski definition) is 0. The number of carbonyl (C=O) groups is 1. The fraction of sp³-hybridized carbons (Fsp3) is 0.522. The lowest BCUT2D eigenvalue weighted by Gasteiger charge is -2.38. The summed E-state index contributed by atoms with van der Waals surface area (Å²) in [5.74, 6) is 2.76. The third-order valence-corrected chi connectivity index (χ3v) is 6.86. The molecule has 1 aliphatic carbocycles. The summed E-state index contributed by atoms with van der Waals surface area (Å²) in [7, 11) is 1.97. The number of benzene rings is 1. The zero-order valence-electron chi connectivity index (χ0n) is 17.1. The summed E-state index contributed by atoms with van der Waals surface area (Å²) < 4.78 is 0. The van der Waals surface area contributed by atoms with Crippen molar-refractivity contribution in [1.29, 1.82) is 0 Å². The smallest absolute Gasteiger partial charge is 0.242 e. The quantitative estimate of drug-likeness (QED) is 0.804. The van der Waals surface area contributed by atoms with Gasteiger partial charge in [0.1, 0.15) is 18.0 Å². The molecule has 5 rings (SSSR count). The van der Waals surface area contributed by atoms with Gasteiger partial charge in [0, 0.05) is 26.2 Å². The van der Waals surface area contributed by atoms with Crippen molar-refractivity contribution < 1.29 is 4.79 Å². The van der Waals surface area contributed by atoms with Crippen LogP contribution in [-0.2, 0) is 11.3 Å². The molecule has 29 heavy (non-hydrogen) atoms. The summed E-state index contributed by atoms with van der Waals surface area (Å²) in [6, 6.07) is 11.2. The first-order valence-electron chi connectivity index (χ1n) is 10.8. The highest BCUT2D eigenvalue weighted by Gasteiger charge is 2.35. The molecule has 1 amide bonds. The van der Waals surface area contributed by atoms with Crippen LogP contribution in [-0.4, -0.2) is 53.5 Å². The van der Waals surface area contributed by atoms with Crippen LogP contribution in [0.3, 0.4) is 0 Å². The predicted molar refractivity (Wildman–Crippen MR) is 114 cm³/mol. The number of rotatable bonds is 3. The zero-order valence-corrected chi connectivity index (χ0v) is 17.1. The first kappa shape index (κ1) is 18.4. The number of hydrogen-bond acceptors (Lipinski definition) is 5. The molecule has 0 radical (unpaired) electrons. The molecule has 1 aromatic carbocycles. The Hall–Kier alpha value is -2.63. The molecule has 1 saturated carbocycles. The van der Waals surface area contributed by atoms with Crippen molar-refractivity contribution in [2.24, 2.45) is 0 Å². The molecule has 0 unspecified atom stereocenters. The summed E-state index contributed by atoms with van der Waals surface area (Å²) in [4.78, 5) is 28.6. The van der Waals surface area contributed by atoms with Crippen LogP contribution in [0.15, 0.2) is 36.7 Å². The number of nitrogens with zero attached hydrogens (tertiary/aromatic N) is 5. The van der Waals surface area contributed by atoms with Gasteiger partial charge < -0.3 is 14.7 Å². The lowest BCUT2D eigenvalue weighted by atomic mass is 9.89. The van der Waals surface area contributed by atoms with Crippen molar-refractivity contribution in [2.75, 3.05) is 36.5 Å². The minimum atomic E-state index is 0.212. The zero-order chi connectivity index (χ0) is 19.8. The summed E-state index contributed by atoms with van der Waals surface area (Å²) in [5, 5.41) is 0. The van der Waals surface area contributed by atoms with E-state index in [9.17, 15) is 4.79 Å². The van der Waals surface area contributed by atoms with Gasteiger partial charge in [-0.05, 0) is 43.6 Å². The van der Waals surface area contributed by atoms with E-state index >= 15 is 0 Å². The molecule has 0 bridgehead atoms. The lowest BCUT2D eigenvalue weighted by Crippen LogP contribution is -2.45. The van der Waals surface area contributed by atoms with Crippen molar-refractivity contribution in [3.63, 3.8) is 0 Å². The number of carbonyl (C=O) groups excluding carboxylic acids is 1. The Morgan fingerprint density at radius 3 is 2.34 bits per heavy atom. The molecule has 3 heterocycles. The van der Waals surface area contributed by atoms with E-state index < -0.39 is 0 Å². The SMILES string of the molecule is CN1CC(=O)N(C2CCC2)Cc2c1ncnc2N1CCC(c2ccccc2)CC1. The molecule has 2 fully saturated rings. The van der Waals surface area contributed by atoms with Crippen LogP contribution in [0, 0.1) is 0 Å². The van der Waals surface area contributed by atoms with Crippen LogP contribution in [0.5, 0.6) is 0 Å². The van der Waals surface area contributed by atoms with E-state index in [-0.39, 0.29) is 5.91 Å². The van der Waals surface area contributed by atoms with Crippen molar-refractivity contribution in [3.05, 3.63) is 47.8 Å². The van der Waals surface area contributed by atoms with E-state index in [1.807, 2.05) is 11.9 Å². The molecule has 0 atom stereocenters. The average molecular weight is 392 g/mol. The molecule has 3 aliphatic rings. The van der Waals surface area contributed by atoms with Gasteiger partial charge in [-0.2, -0.15) is 0 Å².